The summed E-state index contributed by atoms with van der Waals surface area (Å²) >= 11 is 7.10. The number of hydrogen-bond donors (Lipinski definition) is 0. The van der Waals surface area contributed by atoms with E-state index < -0.39 is 6.75 Å². The molecule has 0 saturated carbocycles. The average Bonchev–Trinajstić information content (AvgIpc) is 2.29. The first-order valence-electron chi connectivity index (χ1n) is 7.28. The summed E-state index contributed by atoms with van der Waals surface area (Å²) in [5.74, 6) is 0. The normalized spacial score (nSPS) is 12.1. The zero-order chi connectivity index (χ0) is 16.2. The molecular weight excluding hydrogens is 406 g/mol. The van der Waals surface area contributed by atoms with Crippen molar-refractivity contribution < 1.29 is 32.8 Å². The Balaban J connectivity index is 0.00000441. The largest absolute Gasteiger partial charge is 1.00 e. The maximum absolute atomic E-state index is 6.15. The summed E-state index contributed by atoms with van der Waals surface area (Å²) in [6, 6.07) is 5.92. The SMILES string of the molecule is CC(C)O[B-](OC(C)C)(OC(C)C)c1cc(Br)ccc1Br.[Li+]. The molecule has 0 bridgehead atoms. The summed E-state index contributed by atoms with van der Waals surface area (Å²) in [6.07, 6.45) is -0.0601. The smallest absolute Gasteiger partial charge is 0.539 e. The fraction of sp³-hybridized carbons (Fsp3) is 0.600. The first-order valence-corrected chi connectivity index (χ1v) is 8.87. The second-order valence-electron chi connectivity index (χ2n) is 5.86. The van der Waals surface area contributed by atoms with Crippen molar-refractivity contribution in [3.63, 3.8) is 0 Å². The molecule has 0 amide bonds. The van der Waals surface area contributed by atoms with Gasteiger partial charge in [-0.2, -0.15) is 0 Å². The van der Waals surface area contributed by atoms with Crippen molar-refractivity contribution in [3.8, 4) is 0 Å². The molecule has 7 heteroatoms. The van der Waals surface area contributed by atoms with Crippen LogP contribution in [0.1, 0.15) is 41.5 Å². The van der Waals surface area contributed by atoms with Crippen molar-refractivity contribution in [2.75, 3.05) is 0 Å². The summed E-state index contributed by atoms with van der Waals surface area (Å²) in [4.78, 5) is 0. The Morgan fingerprint density at radius 2 is 1.23 bits per heavy atom. The van der Waals surface area contributed by atoms with Crippen LogP contribution in [0, 0.1) is 0 Å². The Bertz CT molecular complexity index is 444. The van der Waals surface area contributed by atoms with Gasteiger partial charge in [-0.05, 0) is 58.1 Å². The van der Waals surface area contributed by atoms with Gasteiger partial charge < -0.3 is 14.0 Å². The van der Waals surface area contributed by atoms with E-state index in [1.807, 2.05) is 59.7 Å². The zero-order valence-electron chi connectivity index (χ0n) is 14.5. The second kappa shape index (κ2) is 9.88. The van der Waals surface area contributed by atoms with Gasteiger partial charge in [0.1, 0.15) is 0 Å². The molecule has 0 heterocycles. The van der Waals surface area contributed by atoms with Crippen molar-refractivity contribution >= 4 is 44.1 Å². The van der Waals surface area contributed by atoms with Gasteiger partial charge in [-0.25, -0.2) is 0 Å². The van der Waals surface area contributed by atoms with E-state index in [1.165, 1.54) is 0 Å². The minimum atomic E-state index is -2.04. The molecule has 22 heavy (non-hydrogen) atoms. The van der Waals surface area contributed by atoms with E-state index >= 15 is 0 Å². The molecule has 0 aliphatic heterocycles. The maximum atomic E-state index is 6.15. The van der Waals surface area contributed by atoms with E-state index in [1.54, 1.807) is 0 Å². The predicted molar refractivity (Wildman–Crippen MR) is 95.9 cm³/mol. The Labute approximate surface area is 163 Å². The molecule has 3 nitrogen and oxygen atoms in total. The molecule has 0 saturated heterocycles. The standard InChI is InChI=1S/C15H24BBr2O3.Li/c1-10(2)19-16(20-11(3)4,21-12(5)6)14-9-13(17)7-8-15(14)18;/h7-12H,1-6H3;/q-1;+1. The number of rotatable bonds is 7. The van der Waals surface area contributed by atoms with Crippen LogP contribution in [0.2, 0.25) is 0 Å². The van der Waals surface area contributed by atoms with Crippen molar-refractivity contribution in [1.82, 2.24) is 0 Å². The van der Waals surface area contributed by atoms with Gasteiger partial charge in [-0.1, -0.05) is 37.9 Å². The quantitative estimate of drug-likeness (QED) is 0.617. The third kappa shape index (κ3) is 6.69. The molecule has 1 aromatic rings. The molecule has 0 fully saturated rings. The molecule has 120 valence electrons. The second-order valence-corrected chi connectivity index (χ2v) is 7.63. The summed E-state index contributed by atoms with van der Waals surface area (Å²) in [5, 5.41) is 0. The topological polar surface area (TPSA) is 27.7 Å². The van der Waals surface area contributed by atoms with E-state index in [4.69, 9.17) is 14.0 Å². The summed E-state index contributed by atoms with van der Waals surface area (Å²) in [6.45, 7) is 9.85. The molecule has 0 N–H and O–H groups in total. The molecule has 0 radical (unpaired) electrons. The molecule has 1 aromatic carbocycles. The summed E-state index contributed by atoms with van der Waals surface area (Å²) in [7, 11) is 0. The minimum Gasteiger partial charge on any atom is -0.539 e. The van der Waals surface area contributed by atoms with E-state index in [2.05, 4.69) is 31.9 Å². The Kier molecular flexibility index (Phi) is 10.2. The van der Waals surface area contributed by atoms with Crippen molar-refractivity contribution in [3.05, 3.63) is 27.1 Å². The van der Waals surface area contributed by atoms with E-state index in [9.17, 15) is 0 Å². The molecular formula is C15H24BBr2LiO3. The molecule has 0 unspecified atom stereocenters. The van der Waals surface area contributed by atoms with Crippen molar-refractivity contribution in [2.45, 2.75) is 59.9 Å². The van der Waals surface area contributed by atoms with Gasteiger partial charge >= 0.3 is 25.6 Å². The average molecular weight is 430 g/mol. The fourth-order valence-electron chi connectivity index (χ4n) is 2.18. The van der Waals surface area contributed by atoms with Gasteiger partial charge in [0.25, 0.3) is 0 Å². The van der Waals surface area contributed by atoms with Crippen LogP contribution in [0.4, 0.5) is 0 Å². The minimum absolute atomic E-state index is 0. The van der Waals surface area contributed by atoms with Crippen LogP contribution >= 0.6 is 31.9 Å². The predicted octanol–water partition coefficient (Wildman–Crippen LogP) is 1.64. The Morgan fingerprint density at radius 3 is 1.59 bits per heavy atom. The monoisotopic (exact) mass is 428 g/mol. The Morgan fingerprint density at radius 1 is 0.818 bits per heavy atom. The molecule has 0 atom stereocenters. The van der Waals surface area contributed by atoms with Crippen LogP contribution in [-0.4, -0.2) is 25.1 Å². The summed E-state index contributed by atoms with van der Waals surface area (Å²) < 4.78 is 20.3. The van der Waals surface area contributed by atoms with Crippen molar-refractivity contribution in [1.29, 1.82) is 0 Å². The van der Waals surface area contributed by atoms with Crippen LogP contribution in [0.15, 0.2) is 27.1 Å². The van der Waals surface area contributed by atoms with E-state index in [0.717, 1.165) is 14.4 Å². The number of hydrogen-bond acceptors (Lipinski definition) is 3. The number of benzene rings is 1. The van der Waals surface area contributed by atoms with Crippen LogP contribution in [0.25, 0.3) is 0 Å². The first kappa shape index (κ1) is 22.7. The van der Waals surface area contributed by atoms with E-state index in [-0.39, 0.29) is 37.2 Å². The molecule has 0 aliphatic rings. The molecule has 0 aliphatic carbocycles. The maximum Gasteiger partial charge on any atom is 1.00 e. The van der Waals surface area contributed by atoms with Gasteiger partial charge in [-0.15, -0.1) is 5.46 Å². The summed E-state index contributed by atoms with van der Waals surface area (Å²) in [5.41, 5.74) is 0.875. The number of halogens is 2. The third-order valence-corrected chi connectivity index (χ3v) is 3.91. The van der Waals surface area contributed by atoms with Crippen LogP contribution in [-0.2, 0) is 14.0 Å². The molecule has 0 aromatic heterocycles. The van der Waals surface area contributed by atoms with Gasteiger partial charge in [0.05, 0.1) is 0 Å². The fourth-order valence-corrected chi connectivity index (χ4v) is 3.08. The van der Waals surface area contributed by atoms with Crippen molar-refractivity contribution in [2.24, 2.45) is 0 Å². The zero-order valence-corrected chi connectivity index (χ0v) is 17.7. The molecule has 1 rings (SSSR count). The molecule has 0 spiro atoms. The van der Waals surface area contributed by atoms with Crippen LogP contribution in [0.5, 0.6) is 0 Å². The van der Waals surface area contributed by atoms with Crippen LogP contribution in [0.3, 0.4) is 0 Å². The van der Waals surface area contributed by atoms with Crippen LogP contribution < -0.4 is 24.3 Å². The van der Waals surface area contributed by atoms with Gasteiger partial charge in [0.15, 0.2) is 0 Å². The van der Waals surface area contributed by atoms with E-state index in [0.29, 0.717) is 0 Å². The third-order valence-electron chi connectivity index (χ3n) is 2.69. The van der Waals surface area contributed by atoms with Gasteiger partial charge in [-0.3, -0.25) is 0 Å². The first-order chi connectivity index (χ1) is 9.66. The Hall–Kier alpha value is 0.722. The van der Waals surface area contributed by atoms with Gasteiger partial charge in [0, 0.05) is 22.8 Å². The van der Waals surface area contributed by atoms with Gasteiger partial charge in [0.2, 0.25) is 0 Å².